The number of cyclic esters (lactones) is 1. The molecule has 1 fully saturated rings. The van der Waals surface area contributed by atoms with Gasteiger partial charge in [0.25, 0.3) is 17.8 Å². The van der Waals surface area contributed by atoms with Crippen LogP contribution in [-0.4, -0.2) is 68.0 Å². The number of likely N-dealkylation sites (N-methyl/N-ethyl adjacent to an activating group) is 1. The molecular formula is C43H41Cl4F5N6O6. The Morgan fingerprint density at radius 1 is 0.750 bits per heavy atom. The predicted molar refractivity (Wildman–Crippen MR) is 234 cm³/mol. The van der Waals surface area contributed by atoms with Crippen LogP contribution in [0.5, 0.6) is 0 Å². The lowest BCUT2D eigenvalue weighted by molar-refractivity contribution is -0.119. The molecule has 1 aromatic carbocycles. The Bertz CT molecular complexity index is 2400. The van der Waals surface area contributed by atoms with Crippen LogP contribution >= 0.6 is 46.4 Å². The van der Waals surface area contributed by atoms with Crippen LogP contribution in [0.25, 0.3) is 0 Å². The fourth-order valence-corrected chi connectivity index (χ4v) is 6.57. The van der Waals surface area contributed by atoms with Gasteiger partial charge in [0.15, 0.2) is 11.8 Å². The number of aryl methyl sites for hydroxylation is 4. The largest absolute Gasteiger partial charge is 0.478 e. The molecule has 1 aliphatic heterocycles. The van der Waals surface area contributed by atoms with E-state index in [1.807, 2.05) is 0 Å². The highest BCUT2D eigenvalue weighted by Crippen LogP contribution is 2.33. The Hall–Kier alpha value is -5.49. The number of aromatic carboxylic acids is 1. The highest BCUT2D eigenvalue weighted by molar-refractivity contribution is 6.31. The highest BCUT2D eigenvalue weighted by Gasteiger charge is 2.43. The zero-order valence-electron chi connectivity index (χ0n) is 35.4. The number of aromatic nitrogens is 4. The third kappa shape index (κ3) is 15.3. The van der Waals surface area contributed by atoms with Gasteiger partial charge in [0.1, 0.15) is 33.7 Å². The number of hydrogen-bond acceptors (Lipinski definition) is 9. The number of nitrogens with zero attached hydrogens (tertiary/aromatic N) is 6. The van der Waals surface area contributed by atoms with Crippen LogP contribution in [0, 0.1) is 33.5 Å². The van der Waals surface area contributed by atoms with Crippen molar-refractivity contribution in [1.82, 2.24) is 19.9 Å². The Labute approximate surface area is 385 Å². The second-order valence-corrected chi connectivity index (χ2v) is 15.7. The fraction of sp³-hybridized carbons (Fsp3) is 0.302. The molecule has 5 aromatic rings. The molecule has 4 aromatic heterocycles. The number of carboxylic acid groups (broad SMARTS) is 1. The molecule has 0 bridgehead atoms. The molecule has 64 heavy (non-hydrogen) atoms. The summed E-state index contributed by atoms with van der Waals surface area (Å²) in [5, 5.41) is 9.07. The van der Waals surface area contributed by atoms with Gasteiger partial charge in [0.2, 0.25) is 0 Å². The van der Waals surface area contributed by atoms with Crippen molar-refractivity contribution in [2.75, 3.05) is 23.0 Å². The monoisotopic (exact) mass is 972 g/mol. The molecule has 21 heteroatoms. The molecule has 1 saturated heterocycles. The van der Waals surface area contributed by atoms with Gasteiger partial charge in [-0.2, -0.15) is 0 Å². The summed E-state index contributed by atoms with van der Waals surface area (Å²) >= 11 is 22.5. The summed E-state index contributed by atoms with van der Waals surface area (Å²) in [6, 6.07) is 13.5. The molecule has 1 atom stereocenters. The van der Waals surface area contributed by atoms with Gasteiger partial charge in [-0.3, -0.25) is 9.59 Å². The van der Waals surface area contributed by atoms with Crippen LogP contribution in [0.2, 0.25) is 20.5 Å². The molecule has 1 aliphatic rings. The van der Waals surface area contributed by atoms with Gasteiger partial charge >= 0.3 is 12.1 Å². The number of carbonyl (C=O) groups is 4. The quantitative estimate of drug-likeness (QED) is 0.0902. The van der Waals surface area contributed by atoms with E-state index < -0.39 is 41.7 Å². The van der Waals surface area contributed by atoms with Gasteiger partial charge in [-0.1, -0.05) is 46.4 Å². The Morgan fingerprint density at radius 2 is 1.22 bits per heavy atom. The number of amides is 2. The molecule has 0 radical (unpaired) electrons. The van der Waals surface area contributed by atoms with Crippen LogP contribution in [0.3, 0.4) is 0 Å². The number of alkyl halides is 4. The number of halogens is 9. The third-order valence-electron chi connectivity index (χ3n) is 8.58. The zero-order chi connectivity index (χ0) is 48.4. The third-order valence-corrected chi connectivity index (χ3v) is 9.45. The van der Waals surface area contributed by atoms with Crippen molar-refractivity contribution < 1.29 is 51.0 Å². The SMILES string of the molecule is CC(=O)c1cc(C)nc(Cl)c1.CCN(C(=O)[C@@H]1COC(=O)N1c1cc(C(C)(F)F)cc(C)n1)c1ccc(F)c(Cl)c1.Cc1cc(C(=O)O)cc(Cl)n1.Cc1cc(C(C)(F)F)cc(Cl)n1. The van der Waals surface area contributed by atoms with Crippen molar-refractivity contribution in [3.8, 4) is 0 Å². The molecular weight excluding hydrogens is 933 g/mol. The summed E-state index contributed by atoms with van der Waals surface area (Å²) < 4.78 is 71.7. The smallest absolute Gasteiger partial charge is 0.416 e. The number of pyridine rings is 4. The average Bonchev–Trinajstić information content (AvgIpc) is 3.56. The zero-order valence-corrected chi connectivity index (χ0v) is 38.4. The van der Waals surface area contributed by atoms with Gasteiger partial charge in [-0.15, -0.1) is 0 Å². The number of hydrogen-bond donors (Lipinski definition) is 1. The van der Waals surface area contributed by atoms with Gasteiger partial charge in [0, 0.05) is 65.5 Å². The molecule has 6 rings (SSSR count). The van der Waals surface area contributed by atoms with Crippen LogP contribution in [0.1, 0.15) is 82.3 Å². The minimum absolute atomic E-state index is 0.0115. The van der Waals surface area contributed by atoms with Crippen molar-refractivity contribution in [2.24, 2.45) is 0 Å². The first-order valence-electron chi connectivity index (χ1n) is 18.8. The molecule has 0 unspecified atom stereocenters. The first-order valence-corrected chi connectivity index (χ1v) is 20.3. The summed E-state index contributed by atoms with van der Waals surface area (Å²) in [5.41, 5.74) is 2.80. The number of Topliss-reactive ketones (excluding diaryl/α,β-unsaturated/α-hetero) is 1. The van der Waals surface area contributed by atoms with E-state index in [-0.39, 0.29) is 62.5 Å². The lowest BCUT2D eigenvalue weighted by atomic mass is 10.1. The molecule has 342 valence electrons. The second-order valence-electron chi connectivity index (χ2n) is 14.1. The fourth-order valence-electron chi connectivity index (χ4n) is 5.65. The number of anilines is 2. The van der Waals surface area contributed by atoms with E-state index in [1.54, 1.807) is 39.8 Å². The topological polar surface area (TPSA) is 156 Å². The Kier molecular flexibility index (Phi) is 18.5. The highest BCUT2D eigenvalue weighted by atomic mass is 35.5. The van der Waals surface area contributed by atoms with E-state index in [1.165, 1.54) is 61.2 Å². The maximum absolute atomic E-state index is 13.8. The molecule has 0 aliphatic carbocycles. The first-order chi connectivity index (χ1) is 29.6. The van der Waals surface area contributed by atoms with Crippen molar-refractivity contribution in [1.29, 1.82) is 0 Å². The molecule has 1 N–H and O–H groups in total. The number of rotatable bonds is 8. The molecule has 0 saturated carbocycles. The normalized spacial score (nSPS) is 13.3. The lowest BCUT2D eigenvalue weighted by Crippen LogP contribution is -2.48. The van der Waals surface area contributed by atoms with Crippen LogP contribution in [-0.2, 0) is 21.4 Å². The van der Waals surface area contributed by atoms with Gasteiger partial charge in [-0.05, 0) is 108 Å². The van der Waals surface area contributed by atoms with Crippen molar-refractivity contribution in [3.63, 3.8) is 0 Å². The van der Waals surface area contributed by atoms with Gasteiger partial charge < -0.3 is 14.7 Å². The summed E-state index contributed by atoms with van der Waals surface area (Å²) in [7, 11) is 0. The van der Waals surface area contributed by atoms with E-state index >= 15 is 0 Å². The van der Waals surface area contributed by atoms with E-state index in [2.05, 4.69) is 19.9 Å². The van der Waals surface area contributed by atoms with Crippen LogP contribution < -0.4 is 9.80 Å². The van der Waals surface area contributed by atoms with Gasteiger partial charge in [-0.25, -0.2) is 56.4 Å². The van der Waals surface area contributed by atoms with E-state index in [0.717, 1.165) is 36.6 Å². The molecule has 12 nitrogen and oxygen atoms in total. The summed E-state index contributed by atoms with van der Waals surface area (Å²) in [5.74, 6) is -8.28. The number of carbonyl (C=O) groups excluding carboxylic acids is 3. The number of ether oxygens (including phenoxy) is 1. The minimum Gasteiger partial charge on any atom is -0.478 e. The van der Waals surface area contributed by atoms with Gasteiger partial charge in [0.05, 0.1) is 10.6 Å². The summed E-state index contributed by atoms with van der Waals surface area (Å²) in [6.07, 6.45) is -0.870. The second kappa shape index (κ2) is 22.4. The average molecular weight is 975 g/mol. The standard InChI is InChI=1S/C20H19ClF3N3O3.C8H8ClF2N.C8H8ClNO.C7H6ClNO2/c1-4-26(13-5-6-15(22)14(21)9-13)18(28)16-10-30-19(29)27(16)17-8-12(20(3,23)24)7-11(2)25-17;1-5-3-6(8(2,10)11)4-7(9)12-5;1-5-3-7(6(2)11)4-8(9)10-5;1-4-2-5(7(10)11)3-6(8)9-4/h5-9,16H,4,10H2,1-3H3;3-4H,1-2H3;3-4H,1-2H3;2-3H,1H3,(H,10,11)/t16-;;;/m0.../s1. The number of benzene rings is 1. The Morgan fingerprint density at radius 3 is 1.67 bits per heavy atom. The maximum Gasteiger partial charge on any atom is 0.416 e. The minimum atomic E-state index is -3.16. The first kappa shape index (κ1) is 52.9. The van der Waals surface area contributed by atoms with Crippen molar-refractivity contribution >= 4 is 81.7 Å². The molecule has 5 heterocycles. The van der Waals surface area contributed by atoms with Crippen molar-refractivity contribution in [3.05, 3.63) is 138 Å². The Balaban J connectivity index is 0.000000262. The number of ketones is 1. The van der Waals surface area contributed by atoms with Crippen LogP contribution in [0.15, 0.2) is 66.7 Å². The number of carboxylic acids is 1. The van der Waals surface area contributed by atoms with Crippen molar-refractivity contribution in [2.45, 2.75) is 73.3 Å². The van der Waals surface area contributed by atoms with E-state index in [0.29, 0.717) is 27.8 Å². The summed E-state index contributed by atoms with van der Waals surface area (Å²) in [6.45, 7) is 11.3. The van der Waals surface area contributed by atoms with Crippen LogP contribution in [0.4, 0.5) is 38.3 Å². The maximum atomic E-state index is 13.8. The lowest BCUT2D eigenvalue weighted by Gasteiger charge is -2.28. The molecule has 0 spiro atoms. The summed E-state index contributed by atoms with van der Waals surface area (Å²) in [4.78, 5) is 64.8. The van der Waals surface area contributed by atoms with E-state index in [9.17, 15) is 41.1 Å². The predicted octanol–water partition coefficient (Wildman–Crippen LogP) is 11.8. The van der Waals surface area contributed by atoms with E-state index in [4.69, 9.17) is 56.2 Å². The molecule has 2 amide bonds.